The van der Waals surface area contributed by atoms with Crippen molar-refractivity contribution in [3.05, 3.63) is 103 Å². The molecule has 26 heavy (non-hydrogen) atoms. The largest absolute Gasteiger partial charge is 0.287 e. The number of hydrogen-bond donors (Lipinski definition) is 0. The molecule has 128 valence electrons. The molecule has 0 amide bonds. The summed E-state index contributed by atoms with van der Waals surface area (Å²) in [7, 11) is 0. The first-order valence-electron chi connectivity index (χ1n) is 8.36. The normalized spacial score (nSPS) is 10.3. The summed E-state index contributed by atoms with van der Waals surface area (Å²) in [4.78, 5) is 12.6. The Morgan fingerprint density at radius 1 is 0.692 bits per heavy atom. The highest BCUT2D eigenvalue weighted by atomic mass is 79.9. The van der Waals surface area contributed by atoms with Crippen LogP contribution in [0.4, 0.5) is 0 Å². The quantitative estimate of drug-likeness (QED) is 0.335. The van der Waals surface area contributed by atoms with Gasteiger partial charge in [0.25, 0.3) is 0 Å². The van der Waals surface area contributed by atoms with Crippen LogP contribution in [0.2, 0.25) is 0 Å². The Bertz CT molecular complexity index is 1030. The Morgan fingerprint density at radius 3 is 2.04 bits per heavy atom. The summed E-state index contributed by atoms with van der Waals surface area (Å²) in [5.41, 5.74) is 3.02. The van der Waals surface area contributed by atoms with Crippen LogP contribution in [0.1, 0.15) is 10.4 Å². The number of fused-ring (bicyclic) bond motifs is 1. The van der Waals surface area contributed by atoms with Crippen LogP contribution >= 0.6 is 17.0 Å². The highest BCUT2D eigenvalue weighted by molar-refractivity contribution is 8.93. The summed E-state index contributed by atoms with van der Waals surface area (Å²) in [6.45, 7) is 0.343. The number of aromatic nitrogens is 1. The second-order valence-electron chi connectivity index (χ2n) is 6.11. The van der Waals surface area contributed by atoms with Crippen molar-refractivity contribution in [2.45, 2.75) is 6.54 Å². The number of hydrogen-bond acceptors (Lipinski definition) is 1. The number of halogens is 1. The van der Waals surface area contributed by atoms with E-state index in [1.54, 1.807) is 0 Å². The van der Waals surface area contributed by atoms with Gasteiger partial charge in [-0.25, -0.2) is 0 Å². The topological polar surface area (TPSA) is 20.9 Å². The summed E-state index contributed by atoms with van der Waals surface area (Å²) >= 11 is 0. The molecule has 0 saturated heterocycles. The minimum Gasteiger partial charge on any atom is -0.287 e. The first-order chi connectivity index (χ1) is 12.3. The molecule has 2 nitrogen and oxygen atoms in total. The van der Waals surface area contributed by atoms with Gasteiger partial charge in [0.2, 0.25) is 12.3 Å². The molecule has 0 aliphatic heterocycles. The zero-order chi connectivity index (χ0) is 17.1. The zero-order valence-electron chi connectivity index (χ0n) is 14.2. The third-order valence-corrected chi connectivity index (χ3v) is 4.39. The van der Waals surface area contributed by atoms with Gasteiger partial charge < -0.3 is 0 Å². The van der Waals surface area contributed by atoms with Crippen LogP contribution in [-0.4, -0.2) is 5.78 Å². The van der Waals surface area contributed by atoms with E-state index in [1.807, 2.05) is 77.6 Å². The molecule has 0 aliphatic carbocycles. The Labute approximate surface area is 163 Å². The molecular weight excluding hydrogens is 386 g/mol. The molecule has 3 heteroatoms. The van der Waals surface area contributed by atoms with Crippen molar-refractivity contribution >= 4 is 33.5 Å². The summed E-state index contributed by atoms with van der Waals surface area (Å²) in [5, 5.41) is 2.32. The number of carbonyl (C=O) groups is 1. The van der Waals surface area contributed by atoms with Gasteiger partial charge in [0.05, 0.1) is 0 Å². The smallest absolute Gasteiger partial charge is 0.227 e. The highest BCUT2D eigenvalue weighted by Crippen LogP contribution is 2.19. The van der Waals surface area contributed by atoms with E-state index in [1.165, 1.54) is 5.39 Å². The second-order valence-corrected chi connectivity index (χ2v) is 6.11. The van der Waals surface area contributed by atoms with E-state index in [9.17, 15) is 4.79 Å². The minimum atomic E-state index is 0. The van der Waals surface area contributed by atoms with Gasteiger partial charge in [-0.1, -0.05) is 72.8 Å². The molecule has 0 atom stereocenters. The average Bonchev–Trinajstić information content (AvgIpc) is 2.69. The Hall–Kier alpha value is -2.78. The maximum atomic E-state index is 12.6. The van der Waals surface area contributed by atoms with Gasteiger partial charge in [-0.2, -0.15) is 4.57 Å². The molecule has 0 unspecified atom stereocenters. The van der Waals surface area contributed by atoms with Crippen molar-refractivity contribution in [3.63, 3.8) is 0 Å². The van der Waals surface area contributed by atoms with Crippen molar-refractivity contribution in [1.29, 1.82) is 0 Å². The summed E-state index contributed by atoms with van der Waals surface area (Å²) in [6, 6.07) is 28.2. The van der Waals surface area contributed by atoms with E-state index in [-0.39, 0.29) is 22.8 Å². The number of Topliss-reactive ketones (excluding diaryl/α,β-unsaturated/α-hetero) is 1. The van der Waals surface area contributed by atoms with E-state index >= 15 is 0 Å². The minimum absolute atomic E-state index is 0. The fourth-order valence-corrected chi connectivity index (χ4v) is 3.01. The monoisotopic (exact) mass is 404 g/mol. The highest BCUT2D eigenvalue weighted by Gasteiger charge is 2.12. The van der Waals surface area contributed by atoms with E-state index in [4.69, 9.17) is 0 Å². The second kappa shape index (κ2) is 8.07. The Kier molecular flexibility index (Phi) is 5.59. The molecule has 0 fully saturated rings. The van der Waals surface area contributed by atoms with Crippen LogP contribution in [0.5, 0.6) is 0 Å². The number of benzene rings is 3. The van der Waals surface area contributed by atoms with E-state index in [0.29, 0.717) is 6.54 Å². The van der Waals surface area contributed by atoms with Crippen molar-refractivity contribution < 1.29 is 9.36 Å². The zero-order valence-corrected chi connectivity index (χ0v) is 15.9. The Balaban J connectivity index is 0.00000196. The molecule has 0 aliphatic rings. The lowest BCUT2D eigenvalue weighted by atomic mass is 10.0. The lowest BCUT2D eigenvalue weighted by Crippen LogP contribution is -2.37. The van der Waals surface area contributed by atoms with E-state index in [0.717, 1.165) is 22.1 Å². The molecule has 3 aromatic carbocycles. The number of rotatable bonds is 4. The molecule has 1 heterocycles. The molecular formula is C23H19BrNO+. The summed E-state index contributed by atoms with van der Waals surface area (Å²) < 4.78 is 1.94. The predicted molar refractivity (Wildman–Crippen MR) is 111 cm³/mol. The third-order valence-electron chi connectivity index (χ3n) is 4.39. The fourth-order valence-electron chi connectivity index (χ4n) is 3.01. The number of pyridine rings is 1. The van der Waals surface area contributed by atoms with Gasteiger partial charge in [0.15, 0.2) is 12.4 Å². The van der Waals surface area contributed by atoms with Crippen molar-refractivity contribution in [2.75, 3.05) is 0 Å². The standard InChI is InChI=1S/C23H18NO.BrH/c25-23(17-24-15-14-19-8-4-5-9-22(19)16-24)21-12-10-20(11-13-21)18-6-2-1-3-7-18;/h1-16H,17H2;1H/q+1;. The third kappa shape index (κ3) is 3.89. The van der Waals surface area contributed by atoms with Gasteiger partial charge in [-0.15, -0.1) is 17.0 Å². The van der Waals surface area contributed by atoms with Crippen LogP contribution < -0.4 is 4.57 Å². The molecule has 4 aromatic rings. The number of nitrogens with zero attached hydrogens (tertiary/aromatic N) is 1. The lowest BCUT2D eigenvalue weighted by molar-refractivity contribution is -0.681. The first-order valence-corrected chi connectivity index (χ1v) is 8.36. The van der Waals surface area contributed by atoms with E-state index in [2.05, 4.69) is 24.3 Å². The number of carbonyl (C=O) groups excluding carboxylic acids is 1. The van der Waals surface area contributed by atoms with Crippen molar-refractivity contribution in [3.8, 4) is 11.1 Å². The number of ketones is 1. The fraction of sp³-hybridized carbons (Fsp3) is 0.0435. The van der Waals surface area contributed by atoms with Crippen LogP contribution in [-0.2, 0) is 6.54 Å². The molecule has 0 spiro atoms. The summed E-state index contributed by atoms with van der Waals surface area (Å²) in [5.74, 6) is 0.111. The first kappa shape index (κ1) is 18.0. The van der Waals surface area contributed by atoms with Gasteiger partial charge >= 0.3 is 0 Å². The van der Waals surface area contributed by atoms with Gasteiger partial charge in [-0.3, -0.25) is 4.79 Å². The molecule has 0 bridgehead atoms. The van der Waals surface area contributed by atoms with Crippen LogP contribution in [0, 0.1) is 0 Å². The van der Waals surface area contributed by atoms with Crippen LogP contribution in [0.3, 0.4) is 0 Å². The lowest BCUT2D eigenvalue weighted by Gasteiger charge is -2.03. The Morgan fingerprint density at radius 2 is 1.31 bits per heavy atom. The molecule has 0 radical (unpaired) electrons. The van der Waals surface area contributed by atoms with Crippen LogP contribution in [0.25, 0.3) is 21.9 Å². The molecule has 4 rings (SSSR count). The van der Waals surface area contributed by atoms with Crippen molar-refractivity contribution in [2.24, 2.45) is 0 Å². The molecule has 0 saturated carbocycles. The van der Waals surface area contributed by atoms with Gasteiger partial charge in [0.1, 0.15) is 0 Å². The van der Waals surface area contributed by atoms with Crippen LogP contribution in [0.15, 0.2) is 97.3 Å². The SMILES string of the molecule is Br.O=C(C[n+]1ccc2ccccc2c1)c1ccc(-c2ccccc2)cc1. The maximum absolute atomic E-state index is 12.6. The van der Waals surface area contributed by atoms with Gasteiger partial charge in [0, 0.05) is 17.0 Å². The van der Waals surface area contributed by atoms with Gasteiger partial charge in [-0.05, 0) is 22.6 Å². The molecule has 1 aromatic heterocycles. The summed E-state index contributed by atoms with van der Waals surface area (Å²) in [6.07, 6.45) is 3.98. The van der Waals surface area contributed by atoms with E-state index < -0.39 is 0 Å². The average molecular weight is 405 g/mol. The molecule has 0 N–H and O–H groups in total. The maximum Gasteiger partial charge on any atom is 0.227 e. The predicted octanol–water partition coefficient (Wildman–Crippen LogP) is 5.26. The van der Waals surface area contributed by atoms with Crippen molar-refractivity contribution in [1.82, 2.24) is 0 Å².